The van der Waals surface area contributed by atoms with Gasteiger partial charge in [0.25, 0.3) is 0 Å². The summed E-state index contributed by atoms with van der Waals surface area (Å²) in [5, 5.41) is 0. The number of nitrogens with zero attached hydrogens (tertiary/aromatic N) is 1. The maximum absolute atomic E-state index is 12.7. The van der Waals surface area contributed by atoms with E-state index >= 15 is 0 Å². The lowest BCUT2D eigenvalue weighted by Gasteiger charge is -2.17. The molecule has 0 saturated heterocycles. The van der Waals surface area contributed by atoms with Gasteiger partial charge in [-0.15, -0.1) is 0 Å². The molecule has 1 aliphatic carbocycles. The van der Waals surface area contributed by atoms with Gasteiger partial charge in [0.2, 0.25) is 0 Å². The van der Waals surface area contributed by atoms with E-state index < -0.39 is 0 Å². The molecule has 0 aliphatic heterocycles. The number of rotatable bonds is 2. The summed E-state index contributed by atoms with van der Waals surface area (Å²) >= 11 is 0. The van der Waals surface area contributed by atoms with Crippen molar-refractivity contribution < 1.29 is 4.39 Å². The van der Waals surface area contributed by atoms with Gasteiger partial charge < -0.3 is 5.73 Å². The normalized spacial score (nSPS) is 28.9. The van der Waals surface area contributed by atoms with Crippen LogP contribution in [-0.4, -0.2) is 11.5 Å². The number of hydrogen-bond donors (Lipinski definition) is 1. The third-order valence-electron chi connectivity index (χ3n) is 3.48. The number of nitrogens with two attached hydrogens (primary N) is 1. The average Bonchev–Trinajstić information content (AvgIpc) is 2.71. The maximum atomic E-state index is 12.7. The molecule has 1 aromatic heterocycles. The van der Waals surface area contributed by atoms with Crippen molar-refractivity contribution in [3.8, 4) is 0 Å². The molecule has 0 amide bonds. The number of halogens is 1. The topological polar surface area (TPSA) is 38.9 Å². The van der Waals surface area contributed by atoms with Crippen LogP contribution in [0.15, 0.2) is 18.3 Å². The largest absolute Gasteiger partial charge is 0.330 e. The van der Waals surface area contributed by atoms with Crippen molar-refractivity contribution >= 4 is 0 Å². The Balaban J connectivity index is 2.36. The fourth-order valence-corrected chi connectivity index (χ4v) is 2.26. The van der Waals surface area contributed by atoms with Gasteiger partial charge in [-0.3, -0.25) is 4.98 Å². The van der Waals surface area contributed by atoms with E-state index in [1.165, 1.54) is 12.3 Å². The summed E-state index contributed by atoms with van der Waals surface area (Å²) in [6.07, 6.45) is 2.30. The zero-order valence-corrected chi connectivity index (χ0v) is 8.55. The standard InChI is InChI=1S/C11H15FN2/c1-10(2)6-11(10,7-13)9-4-3-8(12)5-14-9/h3-5H,6-7,13H2,1-2H3. The van der Waals surface area contributed by atoms with E-state index in [1.54, 1.807) is 6.07 Å². The molecule has 1 unspecified atom stereocenters. The Morgan fingerprint density at radius 2 is 2.14 bits per heavy atom. The molecule has 14 heavy (non-hydrogen) atoms. The van der Waals surface area contributed by atoms with Crippen LogP contribution >= 0.6 is 0 Å². The Morgan fingerprint density at radius 1 is 1.50 bits per heavy atom. The van der Waals surface area contributed by atoms with Crippen molar-refractivity contribution in [2.45, 2.75) is 25.7 Å². The van der Waals surface area contributed by atoms with Crippen molar-refractivity contribution in [1.82, 2.24) is 4.98 Å². The van der Waals surface area contributed by atoms with Crippen LogP contribution in [0, 0.1) is 11.2 Å². The lowest BCUT2D eigenvalue weighted by Crippen LogP contribution is -2.26. The molecule has 2 rings (SSSR count). The van der Waals surface area contributed by atoms with Gasteiger partial charge in [-0.05, 0) is 24.0 Å². The van der Waals surface area contributed by atoms with Crippen molar-refractivity contribution in [1.29, 1.82) is 0 Å². The Labute approximate surface area is 83.3 Å². The number of aromatic nitrogens is 1. The lowest BCUT2D eigenvalue weighted by molar-refractivity contribution is 0.490. The average molecular weight is 194 g/mol. The fourth-order valence-electron chi connectivity index (χ4n) is 2.26. The molecule has 1 saturated carbocycles. The highest BCUT2D eigenvalue weighted by molar-refractivity contribution is 5.32. The Morgan fingerprint density at radius 3 is 2.50 bits per heavy atom. The highest BCUT2D eigenvalue weighted by atomic mass is 19.1. The van der Waals surface area contributed by atoms with Crippen LogP contribution in [-0.2, 0) is 5.41 Å². The predicted octanol–water partition coefficient (Wildman–Crippen LogP) is 1.85. The molecule has 76 valence electrons. The van der Waals surface area contributed by atoms with Gasteiger partial charge >= 0.3 is 0 Å². The second kappa shape index (κ2) is 2.76. The highest BCUT2D eigenvalue weighted by Crippen LogP contribution is 2.63. The Kier molecular flexibility index (Phi) is 1.89. The van der Waals surface area contributed by atoms with Crippen LogP contribution < -0.4 is 5.73 Å². The number of hydrogen-bond acceptors (Lipinski definition) is 2. The van der Waals surface area contributed by atoms with Gasteiger partial charge in [-0.2, -0.15) is 0 Å². The van der Waals surface area contributed by atoms with E-state index in [4.69, 9.17) is 5.73 Å². The van der Waals surface area contributed by atoms with Crippen LogP contribution in [0.25, 0.3) is 0 Å². The summed E-state index contributed by atoms with van der Waals surface area (Å²) in [5.41, 5.74) is 6.88. The second-order valence-corrected chi connectivity index (χ2v) is 4.71. The molecule has 1 heterocycles. The molecule has 1 atom stereocenters. The van der Waals surface area contributed by atoms with E-state index in [2.05, 4.69) is 18.8 Å². The molecule has 1 fully saturated rings. The molecule has 1 aromatic rings. The predicted molar refractivity (Wildman–Crippen MR) is 53.3 cm³/mol. The molecule has 0 aromatic carbocycles. The summed E-state index contributed by atoms with van der Waals surface area (Å²) in [5.74, 6) is -0.292. The van der Waals surface area contributed by atoms with Crippen LogP contribution in [0.4, 0.5) is 4.39 Å². The van der Waals surface area contributed by atoms with Crippen molar-refractivity contribution in [3.63, 3.8) is 0 Å². The van der Waals surface area contributed by atoms with E-state index in [1.807, 2.05) is 0 Å². The molecule has 2 N–H and O–H groups in total. The Bertz CT molecular complexity index is 345. The molecule has 3 heteroatoms. The fraction of sp³-hybridized carbons (Fsp3) is 0.545. The van der Waals surface area contributed by atoms with E-state index in [0.717, 1.165) is 12.1 Å². The van der Waals surface area contributed by atoms with E-state index in [0.29, 0.717) is 6.54 Å². The van der Waals surface area contributed by atoms with E-state index in [-0.39, 0.29) is 16.6 Å². The first-order valence-electron chi connectivity index (χ1n) is 4.84. The summed E-state index contributed by atoms with van der Waals surface area (Å²) in [6, 6.07) is 3.20. The third kappa shape index (κ3) is 1.16. The monoisotopic (exact) mass is 194 g/mol. The minimum Gasteiger partial charge on any atom is -0.330 e. The quantitative estimate of drug-likeness (QED) is 0.780. The molecule has 1 aliphatic rings. The Hall–Kier alpha value is -0.960. The summed E-state index contributed by atoms with van der Waals surface area (Å²) < 4.78 is 12.7. The first kappa shape index (κ1) is 9.59. The molecule has 2 nitrogen and oxygen atoms in total. The minimum absolute atomic E-state index is 0.0271. The van der Waals surface area contributed by atoms with Gasteiger partial charge in [0.1, 0.15) is 5.82 Å². The molecule has 0 bridgehead atoms. The van der Waals surface area contributed by atoms with Crippen LogP contribution in [0.1, 0.15) is 26.0 Å². The maximum Gasteiger partial charge on any atom is 0.141 e. The number of pyridine rings is 1. The van der Waals surface area contributed by atoms with Gasteiger partial charge in [0.15, 0.2) is 0 Å². The minimum atomic E-state index is -0.292. The molecular weight excluding hydrogens is 179 g/mol. The SMILES string of the molecule is CC1(C)CC1(CN)c1ccc(F)cn1. The highest BCUT2D eigenvalue weighted by Gasteiger charge is 2.61. The van der Waals surface area contributed by atoms with Gasteiger partial charge in [0.05, 0.1) is 6.20 Å². The third-order valence-corrected chi connectivity index (χ3v) is 3.48. The van der Waals surface area contributed by atoms with Crippen molar-refractivity contribution in [2.24, 2.45) is 11.1 Å². The lowest BCUT2D eigenvalue weighted by atomic mass is 9.92. The van der Waals surface area contributed by atoms with E-state index in [9.17, 15) is 4.39 Å². The zero-order chi connectivity index (χ0) is 10.4. The second-order valence-electron chi connectivity index (χ2n) is 4.71. The molecular formula is C11H15FN2. The summed E-state index contributed by atoms with van der Waals surface area (Å²) in [7, 11) is 0. The summed E-state index contributed by atoms with van der Waals surface area (Å²) in [4.78, 5) is 4.12. The van der Waals surface area contributed by atoms with Gasteiger partial charge in [0, 0.05) is 17.7 Å². The zero-order valence-electron chi connectivity index (χ0n) is 8.55. The van der Waals surface area contributed by atoms with Crippen LogP contribution in [0.5, 0.6) is 0 Å². The van der Waals surface area contributed by atoms with Crippen molar-refractivity contribution in [2.75, 3.05) is 6.54 Å². The van der Waals surface area contributed by atoms with Crippen molar-refractivity contribution in [3.05, 3.63) is 29.8 Å². The molecule has 0 radical (unpaired) electrons. The summed E-state index contributed by atoms with van der Waals surface area (Å²) in [6.45, 7) is 4.93. The smallest absolute Gasteiger partial charge is 0.141 e. The van der Waals surface area contributed by atoms with Gasteiger partial charge in [-0.25, -0.2) is 4.39 Å². The molecule has 0 spiro atoms. The first-order valence-corrected chi connectivity index (χ1v) is 4.84. The van der Waals surface area contributed by atoms with Crippen LogP contribution in [0.3, 0.4) is 0 Å². The van der Waals surface area contributed by atoms with Gasteiger partial charge in [-0.1, -0.05) is 13.8 Å². The first-order chi connectivity index (χ1) is 6.52. The van der Waals surface area contributed by atoms with Crippen LogP contribution in [0.2, 0.25) is 0 Å².